The summed E-state index contributed by atoms with van der Waals surface area (Å²) >= 11 is 12.8. The van der Waals surface area contributed by atoms with Gasteiger partial charge in [-0.15, -0.1) is 6.58 Å². The average Bonchev–Trinajstić information content (AvgIpc) is 2.61. The first kappa shape index (κ1) is 17.6. The van der Waals surface area contributed by atoms with Crippen molar-refractivity contribution in [3.05, 3.63) is 76.4 Å². The van der Waals surface area contributed by atoms with Crippen LogP contribution in [0.2, 0.25) is 10.0 Å². The van der Waals surface area contributed by atoms with Crippen molar-refractivity contribution in [1.29, 1.82) is 0 Å². The molecule has 1 aromatic heterocycles. The number of pyridine rings is 1. The zero-order valence-electron chi connectivity index (χ0n) is 13.9. The van der Waals surface area contributed by atoms with E-state index in [0.29, 0.717) is 22.3 Å². The maximum Gasteiger partial charge on any atom is 0.146 e. The molecule has 25 heavy (non-hydrogen) atoms. The van der Waals surface area contributed by atoms with Crippen molar-refractivity contribution in [2.24, 2.45) is 0 Å². The molecule has 0 amide bonds. The van der Waals surface area contributed by atoms with E-state index in [1.165, 1.54) is 0 Å². The highest BCUT2D eigenvalue weighted by molar-refractivity contribution is 6.37. The Hall–Kier alpha value is -2.23. The molecule has 0 aliphatic heterocycles. The SMILES string of the molecule is C=CCNc1ccc(Cl)c(COc2cccc3ccc(C)nc23)c1Cl. The highest BCUT2D eigenvalue weighted by Crippen LogP contribution is 2.33. The van der Waals surface area contributed by atoms with Gasteiger partial charge in [0.05, 0.1) is 10.7 Å². The maximum absolute atomic E-state index is 6.48. The van der Waals surface area contributed by atoms with E-state index in [1.807, 2.05) is 49.4 Å². The Labute approximate surface area is 157 Å². The zero-order chi connectivity index (χ0) is 17.8. The van der Waals surface area contributed by atoms with Crippen molar-refractivity contribution in [3.63, 3.8) is 0 Å². The predicted molar refractivity (Wildman–Crippen MR) is 106 cm³/mol. The van der Waals surface area contributed by atoms with Gasteiger partial charge in [-0.25, -0.2) is 4.98 Å². The minimum absolute atomic E-state index is 0.260. The number of fused-ring (bicyclic) bond motifs is 1. The number of ether oxygens (including phenoxy) is 1. The van der Waals surface area contributed by atoms with Gasteiger partial charge in [0.2, 0.25) is 0 Å². The van der Waals surface area contributed by atoms with E-state index < -0.39 is 0 Å². The molecule has 0 unspecified atom stereocenters. The third-order valence-corrected chi connectivity index (χ3v) is 4.60. The number of aryl methyl sites for hydroxylation is 1. The molecule has 0 spiro atoms. The molecule has 0 saturated carbocycles. The van der Waals surface area contributed by atoms with E-state index in [1.54, 1.807) is 6.08 Å². The molecule has 128 valence electrons. The molecule has 0 aliphatic carbocycles. The lowest BCUT2D eigenvalue weighted by molar-refractivity contribution is 0.309. The lowest BCUT2D eigenvalue weighted by Crippen LogP contribution is -2.03. The number of para-hydroxylation sites is 1. The number of nitrogens with one attached hydrogen (secondary N) is 1. The number of anilines is 1. The van der Waals surface area contributed by atoms with Gasteiger partial charge in [-0.05, 0) is 31.2 Å². The van der Waals surface area contributed by atoms with E-state index in [2.05, 4.69) is 16.9 Å². The number of hydrogen-bond donors (Lipinski definition) is 1. The molecule has 0 saturated heterocycles. The van der Waals surface area contributed by atoms with E-state index in [9.17, 15) is 0 Å². The lowest BCUT2D eigenvalue weighted by Gasteiger charge is -2.14. The highest BCUT2D eigenvalue weighted by Gasteiger charge is 2.12. The van der Waals surface area contributed by atoms with Crippen LogP contribution in [-0.4, -0.2) is 11.5 Å². The Bertz CT molecular complexity index is 925. The summed E-state index contributed by atoms with van der Waals surface area (Å²) < 4.78 is 6.00. The van der Waals surface area contributed by atoms with Crippen LogP contribution in [0.15, 0.2) is 55.1 Å². The van der Waals surface area contributed by atoms with E-state index in [-0.39, 0.29) is 6.61 Å². The number of benzene rings is 2. The molecule has 3 rings (SSSR count). The Morgan fingerprint density at radius 3 is 2.80 bits per heavy atom. The molecule has 1 heterocycles. The summed E-state index contributed by atoms with van der Waals surface area (Å²) in [5.41, 5.74) is 3.31. The van der Waals surface area contributed by atoms with Crippen LogP contribution in [0.5, 0.6) is 5.75 Å². The van der Waals surface area contributed by atoms with Crippen molar-refractivity contribution in [2.45, 2.75) is 13.5 Å². The van der Waals surface area contributed by atoms with Gasteiger partial charge in [-0.1, -0.05) is 47.5 Å². The molecule has 5 heteroatoms. The normalized spacial score (nSPS) is 10.7. The van der Waals surface area contributed by atoms with Crippen molar-refractivity contribution in [2.75, 3.05) is 11.9 Å². The molecular formula is C20H18Cl2N2O. The van der Waals surface area contributed by atoms with Gasteiger partial charge in [0.1, 0.15) is 17.9 Å². The molecule has 0 aliphatic rings. The Morgan fingerprint density at radius 1 is 1.16 bits per heavy atom. The predicted octanol–water partition coefficient (Wildman–Crippen LogP) is 6.03. The maximum atomic E-state index is 6.48. The minimum atomic E-state index is 0.260. The standard InChI is InChI=1S/C20H18Cl2N2O/c1-3-11-23-17-10-9-16(21)15(19(17)22)12-25-18-6-4-5-14-8-7-13(2)24-20(14)18/h3-10,23H,1,11-12H2,2H3. The van der Waals surface area contributed by atoms with Gasteiger partial charge in [0, 0.05) is 28.2 Å². The molecule has 3 aromatic rings. The Kier molecular flexibility index (Phi) is 5.47. The van der Waals surface area contributed by atoms with Crippen LogP contribution >= 0.6 is 23.2 Å². The molecule has 0 fully saturated rings. The zero-order valence-corrected chi connectivity index (χ0v) is 15.4. The van der Waals surface area contributed by atoms with Gasteiger partial charge in [0.25, 0.3) is 0 Å². The second kappa shape index (κ2) is 7.77. The quantitative estimate of drug-likeness (QED) is 0.536. The number of rotatable bonds is 6. The van der Waals surface area contributed by atoms with Crippen LogP contribution in [0, 0.1) is 6.92 Å². The third-order valence-electron chi connectivity index (χ3n) is 3.82. The highest BCUT2D eigenvalue weighted by atomic mass is 35.5. The monoisotopic (exact) mass is 372 g/mol. The number of hydrogen-bond acceptors (Lipinski definition) is 3. The fourth-order valence-electron chi connectivity index (χ4n) is 2.53. The first-order valence-corrected chi connectivity index (χ1v) is 8.66. The van der Waals surface area contributed by atoms with Crippen molar-refractivity contribution in [1.82, 2.24) is 4.98 Å². The van der Waals surface area contributed by atoms with Gasteiger partial charge < -0.3 is 10.1 Å². The molecule has 2 aromatic carbocycles. The second-order valence-corrected chi connectivity index (χ2v) is 6.41. The molecule has 3 nitrogen and oxygen atoms in total. The molecule has 0 bridgehead atoms. The Balaban J connectivity index is 1.89. The number of aromatic nitrogens is 1. The van der Waals surface area contributed by atoms with Crippen LogP contribution in [0.25, 0.3) is 10.9 Å². The molecule has 0 radical (unpaired) electrons. The Morgan fingerprint density at radius 2 is 2.00 bits per heavy atom. The average molecular weight is 373 g/mol. The number of nitrogens with zero attached hydrogens (tertiary/aromatic N) is 1. The third kappa shape index (κ3) is 3.89. The van der Waals surface area contributed by atoms with Crippen LogP contribution in [0.1, 0.15) is 11.3 Å². The minimum Gasteiger partial charge on any atom is -0.487 e. The summed E-state index contributed by atoms with van der Waals surface area (Å²) in [7, 11) is 0. The summed E-state index contributed by atoms with van der Waals surface area (Å²) in [5.74, 6) is 0.706. The first-order valence-electron chi connectivity index (χ1n) is 7.91. The van der Waals surface area contributed by atoms with E-state index in [4.69, 9.17) is 27.9 Å². The lowest BCUT2D eigenvalue weighted by atomic mass is 10.2. The van der Waals surface area contributed by atoms with Crippen LogP contribution in [0.4, 0.5) is 5.69 Å². The number of halogens is 2. The van der Waals surface area contributed by atoms with Crippen molar-refractivity contribution >= 4 is 39.8 Å². The van der Waals surface area contributed by atoms with Crippen LogP contribution in [-0.2, 0) is 6.61 Å². The van der Waals surface area contributed by atoms with E-state index in [0.717, 1.165) is 27.8 Å². The van der Waals surface area contributed by atoms with Crippen LogP contribution < -0.4 is 10.1 Å². The van der Waals surface area contributed by atoms with Gasteiger partial charge in [-0.3, -0.25) is 0 Å². The van der Waals surface area contributed by atoms with Gasteiger partial charge >= 0.3 is 0 Å². The summed E-state index contributed by atoms with van der Waals surface area (Å²) in [6.45, 7) is 6.53. The van der Waals surface area contributed by atoms with Crippen LogP contribution in [0.3, 0.4) is 0 Å². The van der Waals surface area contributed by atoms with Gasteiger partial charge in [-0.2, -0.15) is 0 Å². The molecule has 0 atom stereocenters. The summed E-state index contributed by atoms with van der Waals surface area (Å²) in [4.78, 5) is 4.58. The van der Waals surface area contributed by atoms with Crippen molar-refractivity contribution in [3.8, 4) is 5.75 Å². The smallest absolute Gasteiger partial charge is 0.146 e. The van der Waals surface area contributed by atoms with Gasteiger partial charge in [0.15, 0.2) is 0 Å². The second-order valence-electron chi connectivity index (χ2n) is 5.63. The summed E-state index contributed by atoms with van der Waals surface area (Å²) in [6.07, 6.45) is 1.77. The molecule has 1 N–H and O–H groups in total. The molecular weight excluding hydrogens is 355 g/mol. The topological polar surface area (TPSA) is 34.1 Å². The van der Waals surface area contributed by atoms with E-state index >= 15 is 0 Å². The first-order chi connectivity index (χ1) is 12.1. The summed E-state index contributed by atoms with van der Waals surface area (Å²) in [5, 5.41) is 5.34. The summed E-state index contributed by atoms with van der Waals surface area (Å²) in [6, 6.07) is 13.5. The largest absolute Gasteiger partial charge is 0.487 e. The van der Waals surface area contributed by atoms with Crippen molar-refractivity contribution < 1.29 is 4.74 Å². The fraction of sp³-hybridized carbons (Fsp3) is 0.150. The fourth-order valence-corrected chi connectivity index (χ4v) is 3.08.